The van der Waals surface area contributed by atoms with E-state index in [2.05, 4.69) is 20.1 Å². The molecule has 1 amide bonds. The van der Waals surface area contributed by atoms with Crippen molar-refractivity contribution >= 4 is 22.5 Å². The fourth-order valence-corrected chi connectivity index (χ4v) is 4.97. The predicted molar refractivity (Wildman–Crippen MR) is 151 cm³/mol. The standard InChI is InChI=1S/C30H32FN5O3/c31-24-8-10-25(11-9-24)35-19-17-34(18-20-35)15-4-14-32-28(37)23-7-12-26-27(21-23)33-30(39)36(29(26)38)16-13-22-5-2-1-3-6-22/h1-3,5-12,21H,4,13-20H2,(H,32,37)(H,33,39). The molecular weight excluding hydrogens is 497 g/mol. The van der Waals surface area contributed by atoms with Crippen molar-refractivity contribution in [1.29, 1.82) is 0 Å². The van der Waals surface area contributed by atoms with Crippen LogP contribution in [-0.2, 0) is 13.0 Å². The molecule has 2 N–H and O–H groups in total. The zero-order valence-electron chi connectivity index (χ0n) is 21.7. The summed E-state index contributed by atoms with van der Waals surface area (Å²) >= 11 is 0. The zero-order chi connectivity index (χ0) is 27.2. The van der Waals surface area contributed by atoms with E-state index in [1.165, 1.54) is 16.7 Å². The topological polar surface area (TPSA) is 90.4 Å². The van der Waals surface area contributed by atoms with Crippen LogP contribution < -0.4 is 21.5 Å². The molecule has 1 aliphatic heterocycles. The van der Waals surface area contributed by atoms with Crippen molar-refractivity contribution in [3.63, 3.8) is 0 Å². The molecule has 1 aliphatic rings. The van der Waals surface area contributed by atoms with Gasteiger partial charge in [-0.15, -0.1) is 0 Å². The van der Waals surface area contributed by atoms with Gasteiger partial charge in [0.25, 0.3) is 11.5 Å². The largest absolute Gasteiger partial charge is 0.369 e. The normalized spacial score (nSPS) is 14.0. The highest BCUT2D eigenvalue weighted by Gasteiger charge is 2.17. The summed E-state index contributed by atoms with van der Waals surface area (Å²) in [6.07, 6.45) is 1.37. The van der Waals surface area contributed by atoms with E-state index in [1.54, 1.807) is 18.2 Å². The molecule has 5 rings (SSSR count). The second-order valence-electron chi connectivity index (χ2n) is 9.80. The summed E-state index contributed by atoms with van der Waals surface area (Å²) in [5.41, 5.74) is 1.98. The van der Waals surface area contributed by atoms with E-state index in [0.717, 1.165) is 50.4 Å². The van der Waals surface area contributed by atoms with Gasteiger partial charge in [0.2, 0.25) is 0 Å². The van der Waals surface area contributed by atoms with Crippen molar-refractivity contribution in [2.45, 2.75) is 19.4 Å². The number of hydrogen-bond acceptors (Lipinski definition) is 5. The molecule has 8 nitrogen and oxygen atoms in total. The molecule has 0 unspecified atom stereocenters. The molecule has 1 fully saturated rings. The van der Waals surface area contributed by atoms with E-state index in [-0.39, 0.29) is 23.8 Å². The number of carbonyl (C=O) groups is 1. The van der Waals surface area contributed by atoms with E-state index >= 15 is 0 Å². The van der Waals surface area contributed by atoms with Crippen molar-refractivity contribution in [2.75, 3.05) is 44.2 Å². The first-order valence-corrected chi connectivity index (χ1v) is 13.3. The SMILES string of the molecule is O=C(NCCCN1CCN(c2ccc(F)cc2)CC1)c1ccc2c(=O)n(CCc3ccccc3)c(=O)[nH]c2c1. The number of halogens is 1. The summed E-state index contributed by atoms with van der Waals surface area (Å²) in [4.78, 5) is 45.7. The first-order chi connectivity index (χ1) is 19.0. The molecule has 3 aromatic carbocycles. The maximum Gasteiger partial charge on any atom is 0.328 e. The summed E-state index contributed by atoms with van der Waals surface area (Å²) in [6, 6.07) is 21.1. The lowest BCUT2D eigenvalue weighted by molar-refractivity contribution is 0.0951. The van der Waals surface area contributed by atoms with Gasteiger partial charge in [-0.25, -0.2) is 9.18 Å². The van der Waals surface area contributed by atoms with Crippen molar-refractivity contribution in [1.82, 2.24) is 19.8 Å². The highest BCUT2D eigenvalue weighted by Crippen LogP contribution is 2.17. The number of anilines is 1. The number of amides is 1. The van der Waals surface area contributed by atoms with Gasteiger partial charge in [-0.1, -0.05) is 30.3 Å². The van der Waals surface area contributed by atoms with E-state index in [4.69, 9.17) is 0 Å². The molecule has 0 radical (unpaired) electrons. The second-order valence-corrected chi connectivity index (χ2v) is 9.80. The third-order valence-electron chi connectivity index (χ3n) is 7.21. The number of nitrogens with one attached hydrogen (secondary N) is 2. The van der Waals surface area contributed by atoms with Gasteiger partial charge >= 0.3 is 5.69 Å². The van der Waals surface area contributed by atoms with Gasteiger partial charge in [0, 0.05) is 50.5 Å². The Morgan fingerprint density at radius 3 is 2.38 bits per heavy atom. The fraction of sp³-hybridized carbons (Fsp3) is 0.300. The minimum atomic E-state index is -0.486. The number of rotatable bonds is 9. The summed E-state index contributed by atoms with van der Waals surface area (Å²) in [5.74, 6) is -0.471. The zero-order valence-corrected chi connectivity index (χ0v) is 21.7. The second kappa shape index (κ2) is 12.1. The molecule has 202 valence electrons. The number of fused-ring (bicyclic) bond motifs is 1. The van der Waals surface area contributed by atoms with Crippen LogP contribution in [0.15, 0.2) is 82.4 Å². The lowest BCUT2D eigenvalue weighted by atomic mass is 10.1. The lowest BCUT2D eigenvalue weighted by Gasteiger charge is -2.36. The van der Waals surface area contributed by atoms with Gasteiger partial charge < -0.3 is 15.2 Å². The summed E-state index contributed by atoms with van der Waals surface area (Å²) in [6.45, 7) is 5.23. The maximum absolute atomic E-state index is 13.2. The average Bonchev–Trinajstić information content (AvgIpc) is 2.96. The molecule has 1 saturated heterocycles. The quantitative estimate of drug-likeness (QED) is 0.326. The van der Waals surface area contributed by atoms with Gasteiger partial charge in [-0.2, -0.15) is 0 Å². The number of aryl methyl sites for hydroxylation is 1. The third kappa shape index (κ3) is 6.43. The third-order valence-corrected chi connectivity index (χ3v) is 7.21. The van der Waals surface area contributed by atoms with Crippen LogP contribution in [0.3, 0.4) is 0 Å². The molecule has 0 bridgehead atoms. The molecule has 0 spiro atoms. The van der Waals surface area contributed by atoms with Crippen molar-refractivity contribution in [3.8, 4) is 0 Å². The lowest BCUT2D eigenvalue weighted by Crippen LogP contribution is -2.47. The van der Waals surface area contributed by atoms with Gasteiger partial charge in [0.1, 0.15) is 5.82 Å². The predicted octanol–water partition coefficient (Wildman–Crippen LogP) is 3.01. The number of H-pyrrole nitrogens is 1. The summed E-state index contributed by atoms with van der Waals surface area (Å²) < 4.78 is 14.4. The van der Waals surface area contributed by atoms with Crippen LogP contribution in [0.2, 0.25) is 0 Å². The molecule has 9 heteroatoms. The van der Waals surface area contributed by atoms with E-state index in [0.29, 0.717) is 29.4 Å². The monoisotopic (exact) mass is 529 g/mol. The molecule has 0 atom stereocenters. The first-order valence-electron chi connectivity index (χ1n) is 13.3. The van der Waals surface area contributed by atoms with Crippen LogP contribution in [0.1, 0.15) is 22.3 Å². The maximum atomic E-state index is 13.2. The van der Waals surface area contributed by atoms with Crippen LogP contribution in [0, 0.1) is 5.82 Å². The van der Waals surface area contributed by atoms with Crippen LogP contribution in [0.5, 0.6) is 0 Å². The smallest absolute Gasteiger partial charge is 0.328 e. The number of benzene rings is 3. The number of carbonyl (C=O) groups excluding carboxylic acids is 1. The molecule has 39 heavy (non-hydrogen) atoms. The molecular formula is C30H32FN5O3. The van der Waals surface area contributed by atoms with Crippen LogP contribution in [-0.4, -0.2) is 59.6 Å². The minimum absolute atomic E-state index is 0.228. The van der Waals surface area contributed by atoms with Gasteiger partial charge in [-0.3, -0.25) is 19.1 Å². The van der Waals surface area contributed by atoms with Gasteiger partial charge in [-0.05, 0) is 67.4 Å². The number of piperazine rings is 1. The molecule has 2 heterocycles. The average molecular weight is 530 g/mol. The molecule has 1 aromatic heterocycles. The fourth-order valence-electron chi connectivity index (χ4n) is 4.97. The Balaban J connectivity index is 1.11. The molecule has 0 saturated carbocycles. The van der Waals surface area contributed by atoms with Crippen molar-refractivity contribution in [2.24, 2.45) is 0 Å². The summed E-state index contributed by atoms with van der Waals surface area (Å²) in [7, 11) is 0. The molecule has 0 aliphatic carbocycles. The van der Waals surface area contributed by atoms with E-state index in [1.807, 2.05) is 42.5 Å². The first kappa shape index (κ1) is 26.4. The van der Waals surface area contributed by atoms with Gasteiger partial charge in [0.15, 0.2) is 0 Å². The number of nitrogens with zero attached hydrogens (tertiary/aromatic N) is 3. The Kier molecular flexibility index (Phi) is 8.17. The van der Waals surface area contributed by atoms with Crippen molar-refractivity contribution in [3.05, 3.63) is 111 Å². The number of aromatic nitrogens is 2. The Bertz CT molecular complexity index is 1540. The number of aromatic amines is 1. The minimum Gasteiger partial charge on any atom is -0.369 e. The Hall–Kier alpha value is -4.24. The Morgan fingerprint density at radius 2 is 1.64 bits per heavy atom. The van der Waals surface area contributed by atoms with E-state index in [9.17, 15) is 18.8 Å². The van der Waals surface area contributed by atoms with Crippen LogP contribution >= 0.6 is 0 Å². The highest BCUT2D eigenvalue weighted by atomic mass is 19.1. The Morgan fingerprint density at radius 1 is 0.897 bits per heavy atom. The van der Waals surface area contributed by atoms with Gasteiger partial charge in [0.05, 0.1) is 10.9 Å². The van der Waals surface area contributed by atoms with Crippen LogP contribution in [0.25, 0.3) is 10.9 Å². The van der Waals surface area contributed by atoms with E-state index < -0.39 is 5.69 Å². The van der Waals surface area contributed by atoms with Crippen molar-refractivity contribution < 1.29 is 9.18 Å². The molecule has 4 aromatic rings. The number of hydrogen-bond donors (Lipinski definition) is 2. The van der Waals surface area contributed by atoms with Crippen LogP contribution in [0.4, 0.5) is 10.1 Å². The highest BCUT2D eigenvalue weighted by molar-refractivity contribution is 5.97. The Labute approximate surface area is 225 Å². The summed E-state index contributed by atoms with van der Waals surface area (Å²) in [5, 5.41) is 3.31.